The maximum absolute atomic E-state index is 12.5. The maximum Gasteiger partial charge on any atom is 0.341 e. The summed E-state index contributed by atoms with van der Waals surface area (Å²) in [5.41, 5.74) is 2.17. The van der Waals surface area contributed by atoms with Gasteiger partial charge < -0.3 is 14.6 Å². The summed E-state index contributed by atoms with van der Waals surface area (Å²) in [4.78, 5) is 53.8. The van der Waals surface area contributed by atoms with Crippen LogP contribution >= 0.6 is 34.4 Å². The second-order valence-electron chi connectivity index (χ2n) is 7.87. The monoisotopic (exact) mass is 548 g/mol. The van der Waals surface area contributed by atoms with Crippen LogP contribution in [0.2, 0.25) is 0 Å². The number of esters is 1. The largest absolute Gasteiger partial charge is 0.462 e. The van der Waals surface area contributed by atoms with Gasteiger partial charge in [-0.25, -0.2) is 4.79 Å². The van der Waals surface area contributed by atoms with Crippen molar-refractivity contribution in [1.29, 1.82) is 0 Å². The number of rotatable bonds is 9. The van der Waals surface area contributed by atoms with Crippen LogP contribution in [0.3, 0.4) is 0 Å². The van der Waals surface area contributed by atoms with Crippen molar-refractivity contribution in [3.05, 3.63) is 49.1 Å². The number of thioether (sulfide) groups is 1. The lowest BCUT2D eigenvalue weighted by atomic mass is 10.1. The minimum atomic E-state index is -0.460. The van der Waals surface area contributed by atoms with Gasteiger partial charge in [0, 0.05) is 23.6 Å². The zero-order valence-electron chi connectivity index (χ0n) is 19.7. The summed E-state index contributed by atoms with van der Waals surface area (Å²) in [6.07, 6.45) is 2.66. The second kappa shape index (κ2) is 11.4. The van der Waals surface area contributed by atoms with Gasteiger partial charge >= 0.3 is 5.97 Å². The Labute approximate surface area is 218 Å². The van der Waals surface area contributed by atoms with Crippen LogP contribution in [-0.4, -0.2) is 45.4 Å². The lowest BCUT2D eigenvalue weighted by Gasteiger charge is -2.07. The highest BCUT2D eigenvalue weighted by Gasteiger charge is 2.28. The predicted octanol–water partition coefficient (Wildman–Crippen LogP) is 4.16. The summed E-state index contributed by atoms with van der Waals surface area (Å²) >= 11 is 3.75. The Morgan fingerprint density at radius 1 is 1.22 bits per heavy atom. The highest BCUT2D eigenvalue weighted by atomic mass is 32.2. The van der Waals surface area contributed by atoms with E-state index in [-0.39, 0.29) is 29.7 Å². The van der Waals surface area contributed by atoms with Crippen LogP contribution < -0.4 is 10.1 Å². The first kappa shape index (κ1) is 26.0. The molecule has 2 heterocycles. The van der Waals surface area contributed by atoms with Crippen LogP contribution in [0.5, 0.6) is 0 Å². The molecule has 1 aromatic carbocycles. The van der Waals surface area contributed by atoms with E-state index in [1.54, 1.807) is 13.0 Å². The van der Waals surface area contributed by atoms with Crippen molar-refractivity contribution in [3.8, 4) is 0 Å². The summed E-state index contributed by atoms with van der Waals surface area (Å²) < 4.78 is 7.68. The normalized spacial score (nSPS) is 13.1. The Balaban J connectivity index is 1.40. The number of carbonyl (C=O) groups excluding carboxylic acids is 3. The number of fused-ring (bicyclic) bond motifs is 2. The van der Waals surface area contributed by atoms with E-state index in [0.717, 1.165) is 47.0 Å². The molecule has 36 heavy (non-hydrogen) atoms. The van der Waals surface area contributed by atoms with Crippen LogP contribution in [0.4, 0.5) is 10.7 Å². The zero-order valence-corrected chi connectivity index (χ0v) is 22.1. The fraction of sp³-hybridized carbons (Fsp3) is 0.391. The van der Waals surface area contributed by atoms with Gasteiger partial charge in [-0.15, -0.1) is 23.1 Å². The molecule has 0 atom stereocenters. The molecule has 0 spiro atoms. The number of hydrogen-bond donors (Lipinski definition) is 1. The van der Waals surface area contributed by atoms with Gasteiger partial charge in [-0.05, 0) is 44.7 Å². The fourth-order valence-electron chi connectivity index (χ4n) is 4.01. The van der Waals surface area contributed by atoms with Gasteiger partial charge in [-0.2, -0.15) is 4.99 Å². The molecule has 10 nitrogen and oxygen atoms in total. The van der Waals surface area contributed by atoms with Crippen molar-refractivity contribution in [2.75, 3.05) is 23.4 Å². The highest BCUT2D eigenvalue weighted by molar-refractivity contribution is 8.00. The van der Waals surface area contributed by atoms with Gasteiger partial charge in [0.1, 0.15) is 5.00 Å². The van der Waals surface area contributed by atoms with Gasteiger partial charge in [0.25, 0.3) is 11.6 Å². The number of hydrogen-bond acceptors (Lipinski definition) is 9. The molecule has 190 valence electrons. The number of nitro benzene ring substituents is 1. The smallest absolute Gasteiger partial charge is 0.341 e. The standard InChI is InChI=1S/C23H24N4O6S3/c1-3-26-15-9-8-13(27(31)32)10-17(15)36-23(26)25-19(29)12-34-11-18(28)24-21-20(22(30)33-4-2)14-6-5-7-16(14)35-21/h8-10H,3-7,11-12H2,1-2H3,(H,24,28). The lowest BCUT2D eigenvalue weighted by Crippen LogP contribution is -2.19. The summed E-state index contributed by atoms with van der Waals surface area (Å²) in [7, 11) is 0. The van der Waals surface area contributed by atoms with Gasteiger partial charge in [0.05, 0.1) is 38.8 Å². The molecule has 4 rings (SSSR count). The predicted molar refractivity (Wildman–Crippen MR) is 141 cm³/mol. The number of thiophene rings is 1. The van der Waals surface area contributed by atoms with Gasteiger partial charge in [-0.1, -0.05) is 11.3 Å². The molecule has 0 bridgehead atoms. The first-order valence-corrected chi connectivity index (χ1v) is 14.2. The number of anilines is 1. The molecule has 13 heteroatoms. The van der Waals surface area contributed by atoms with Crippen molar-refractivity contribution in [2.45, 2.75) is 39.7 Å². The molecule has 0 unspecified atom stereocenters. The Morgan fingerprint density at radius 2 is 2.03 bits per heavy atom. The number of aromatic nitrogens is 1. The van der Waals surface area contributed by atoms with E-state index < -0.39 is 16.8 Å². The molecular formula is C23H24N4O6S3. The van der Waals surface area contributed by atoms with Crippen LogP contribution in [0, 0.1) is 10.1 Å². The minimum Gasteiger partial charge on any atom is -0.462 e. The maximum atomic E-state index is 12.5. The number of carbonyl (C=O) groups is 3. The van der Waals surface area contributed by atoms with E-state index in [9.17, 15) is 24.5 Å². The number of benzene rings is 1. The highest BCUT2D eigenvalue weighted by Crippen LogP contribution is 2.39. The second-order valence-corrected chi connectivity index (χ2v) is 11.0. The number of nitro groups is 1. The molecule has 1 N–H and O–H groups in total. The third-order valence-corrected chi connectivity index (χ3v) is 8.69. The number of aryl methyl sites for hydroxylation is 2. The Hall–Kier alpha value is -3.03. The molecule has 2 amide bonds. The quantitative estimate of drug-likeness (QED) is 0.241. The van der Waals surface area contributed by atoms with E-state index >= 15 is 0 Å². The average Bonchev–Trinajstić information content (AvgIpc) is 3.50. The van der Waals surface area contributed by atoms with Crippen molar-refractivity contribution in [1.82, 2.24) is 4.57 Å². The van der Waals surface area contributed by atoms with Gasteiger partial charge in [0.15, 0.2) is 4.80 Å². The molecule has 0 fully saturated rings. The third-order valence-electron chi connectivity index (χ3n) is 5.53. The minimum absolute atomic E-state index is 0.00278. The summed E-state index contributed by atoms with van der Waals surface area (Å²) in [5, 5.41) is 14.4. The van der Waals surface area contributed by atoms with E-state index in [1.807, 2.05) is 11.5 Å². The molecular weight excluding hydrogens is 524 g/mol. The molecule has 1 aliphatic rings. The summed E-state index contributed by atoms with van der Waals surface area (Å²) in [6.45, 7) is 4.45. The van der Waals surface area contributed by atoms with E-state index in [4.69, 9.17) is 4.74 Å². The number of thiazole rings is 1. The fourth-order valence-corrected chi connectivity index (χ4v) is 7.05. The first-order chi connectivity index (χ1) is 17.3. The topological polar surface area (TPSA) is 133 Å². The number of ether oxygens (including phenoxy) is 1. The van der Waals surface area contributed by atoms with Crippen LogP contribution in [0.15, 0.2) is 23.2 Å². The van der Waals surface area contributed by atoms with E-state index in [0.29, 0.717) is 26.6 Å². The van der Waals surface area contributed by atoms with Gasteiger partial charge in [0.2, 0.25) is 5.91 Å². The number of non-ortho nitro benzene ring substituents is 1. The SMILES string of the molecule is CCOC(=O)c1c(NC(=O)CSCC(=O)N=c2sc3cc([N+](=O)[O-])ccc3n2CC)sc2c1CCC2. The molecule has 0 radical (unpaired) electrons. The molecule has 0 aliphatic heterocycles. The van der Waals surface area contributed by atoms with Crippen LogP contribution in [-0.2, 0) is 33.7 Å². The first-order valence-electron chi connectivity index (χ1n) is 11.4. The van der Waals surface area contributed by atoms with E-state index in [1.165, 1.54) is 34.8 Å². The van der Waals surface area contributed by atoms with Gasteiger partial charge in [-0.3, -0.25) is 19.7 Å². The van der Waals surface area contributed by atoms with Crippen molar-refractivity contribution in [3.63, 3.8) is 0 Å². The number of amides is 2. The molecule has 0 saturated heterocycles. The van der Waals surface area contributed by atoms with Crippen molar-refractivity contribution < 1.29 is 24.0 Å². The van der Waals surface area contributed by atoms with Crippen LogP contribution in [0.1, 0.15) is 41.1 Å². The number of nitrogens with one attached hydrogen (secondary N) is 1. The lowest BCUT2D eigenvalue weighted by molar-refractivity contribution is -0.384. The molecule has 2 aromatic heterocycles. The summed E-state index contributed by atoms with van der Waals surface area (Å²) in [6, 6.07) is 4.55. The third kappa shape index (κ3) is 5.52. The molecule has 1 aliphatic carbocycles. The van der Waals surface area contributed by atoms with Crippen LogP contribution in [0.25, 0.3) is 10.2 Å². The van der Waals surface area contributed by atoms with Crippen molar-refractivity contribution >= 4 is 73.1 Å². The number of nitrogens with zero attached hydrogens (tertiary/aromatic N) is 3. The Kier molecular flexibility index (Phi) is 8.21. The van der Waals surface area contributed by atoms with E-state index in [2.05, 4.69) is 10.3 Å². The molecule has 0 saturated carbocycles. The average molecular weight is 549 g/mol. The summed E-state index contributed by atoms with van der Waals surface area (Å²) in [5.74, 6) is -1.11. The Bertz CT molecular complexity index is 1420. The van der Waals surface area contributed by atoms with Crippen molar-refractivity contribution in [2.24, 2.45) is 4.99 Å². The zero-order chi connectivity index (χ0) is 25.8. The molecule has 3 aromatic rings. The Morgan fingerprint density at radius 3 is 2.75 bits per heavy atom.